The molecule has 0 bridgehead atoms. The van der Waals surface area contributed by atoms with Crippen molar-refractivity contribution >= 4 is 11.8 Å². The third-order valence-corrected chi connectivity index (χ3v) is 3.86. The molecule has 2 rings (SSSR count). The van der Waals surface area contributed by atoms with Crippen molar-refractivity contribution in [2.24, 2.45) is 11.8 Å². The molecule has 21 heavy (non-hydrogen) atoms. The number of nitrogens with one attached hydrogen (secondary N) is 2. The monoisotopic (exact) mass is 292 g/mol. The van der Waals surface area contributed by atoms with Crippen LogP contribution in [-0.2, 0) is 9.59 Å². The molecule has 0 aromatic carbocycles. The van der Waals surface area contributed by atoms with Crippen molar-refractivity contribution in [3.63, 3.8) is 0 Å². The maximum Gasteiger partial charge on any atom is 0.247 e. The Labute approximate surface area is 125 Å². The minimum atomic E-state index is -0.345. The quantitative estimate of drug-likeness (QED) is 0.520. The van der Waals surface area contributed by atoms with Gasteiger partial charge in [-0.3, -0.25) is 30.5 Å². The van der Waals surface area contributed by atoms with Gasteiger partial charge in [-0.05, 0) is 25.7 Å². The smallest absolute Gasteiger partial charge is 0.247 e. The van der Waals surface area contributed by atoms with E-state index in [1.165, 1.54) is 0 Å². The van der Waals surface area contributed by atoms with E-state index in [0.717, 1.165) is 37.1 Å². The molecule has 0 aromatic rings. The van der Waals surface area contributed by atoms with Crippen molar-refractivity contribution < 1.29 is 9.59 Å². The predicted molar refractivity (Wildman–Crippen MR) is 80.2 cm³/mol. The van der Waals surface area contributed by atoms with E-state index < -0.39 is 0 Å². The number of carbonyl (C=O) groups excluding carboxylic acids is 2. The van der Waals surface area contributed by atoms with Crippen LogP contribution in [0.15, 0.2) is 24.6 Å². The Kier molecular flexibility index (Phi) is 4.55. The zero-order valence-electron chi connectivity index (χ0n) is 12.8. The summed E-state index contributed by atoms with van der Waals surface area (Å²) in [5.74, 6) is 0.249. The SMILES string of the molecule is C=C(C1CC1)N(C)NC(=O)CC(=O)NN(C)C(=C)C1CC1. The topological polar surface area (TPSA) is 64.7 Å². The molecule has 116 valence electrons. The van der Waals surface area contributed by atoms with Gasteiger partial charge in [0.05, 0.1) is 0 Å². The van der Waals surface area contributed by atoms with Crippen molar-refractivity contribution in [2.75, 3.05) is 14.1 Å². The van der Waals surface area contributed by atoms with Gasteiger partial charge >= 0.3 is 0 Å². The Morgan fingerprint density at radius 2 is 1.24 bits per heavy atom. The molecule has 0 spiro atoms. The predicted octanol–water partition coefficient (Wildman–Crippen LogP) is 1.15. The van der Waals surface area contributed by atoms with Crippen molar-refractivity contribution in [3.8, 4) is 0 Å². The molecular weight excluding hydrogens is 268 g/mol. The molecule has 0 heterocycles. The van der Waals surface area contributed by atoms with Crippen LogP contribution in [0, 0.1) is 11.8 Å². The second-order valence-electron chi connectivity index (χ2n) is 5.90. The number of allylic oxidation sites excluding steroid dienone is 2. The van der Waals surface area contributed by atoms with E-state index in [0.29, 0.717) is 11.8 Å². The maximum absolute atomic E-state index is 11.8. The number of rotatable bonds is 8. The average Bonchev–Trinajstić information content (AvgIpc) is 3.29. The van der Waals surface area contributed by atoms with Crippen LogP contribution in [-0.4, -0.2) is 35.9 Å². The first-order valence-corrected chi connectivity index (χ1v) is 7.32. The number of amides is 2. The van der Waals surface area contributed by atoms with Crippen molar-refractivity contribution in [3.05, 3.63) is 24.6 Å². The molecule has 6 heteroatoms. The highest BCUT2D eigenvalue weighted by atomic mass is 16.2. The van der Waals surface area contributed by atoms with Gasteiger partial charge < -0.3 is 0 Å². The molecule has 2 aliphatic rings. The fourth-order valence-corrected chi connectivity index (χ4v) is 2.12. The van der Waals surface area contributed by atoms with Gasteiger partial charge in [-0.1, -0.05) is 13.2 Å². The lowest BCUT2D eigenvalue weighted by atomic mass is 10.3. The summed E-state index contributed by atoms with van der Waals surface area (Å²) in [7, 11) is 3.50. The second-order valence-corrected chi connectivity index (χ2v) is 5.90. The Hall–Kier alpha value is -1.98. The van der Waals surface area contributed by atoms with Gasteiger partial charge in [0.15, 0.2) is 0 Å². The summed E-state index contributed by atoms with van der Waals surface area (Å²) >= 11 is 0. The summed E-state index contributed by atoms with van der Waals surface area (Å²) in [6, 6.07) is 0. The highest BCUT2D eigenvalue weighted by Crippen LogP contribution is 2.36. The molecule has 0 atom stereocenters. The van der Waals surface area contributed by atoms with Gasteiger partial charge in [0.2, 0.25) is 11.8 Å². The van der Waals surface area contributed by atoms with Crippen LogP contribution in [0.5, 0.6) is 0 Å². The average molecular weight is 292 g/mol. The number of carbonyl (C=O) groups is 2. The summed E-state index contributed by atoms with van der Waals surface area (Å²) in [6.07, 6.45) is 4.26. The molecule has 2 aliphatic carbocycles. The molecule has 0 saturated heterocycles. The number of hydrogen-bond donors (Lipinski definition) is 2. The first kappa shape index (κ1) is 15.4. The minimum absolute atomic E-state index is 0.218. The third kappa shape index (κ3) is 4.51. The molecule has 2 amide bonds. The molecule has 2 fully saturated rings. The lowest BCUT2D eigenvalue weighted by Crippen LogP contribution is -2.44. The first-order chi connectivity index (χ1) is 9.88. The fraction of sp³-hybridized carbons (Fsp3) is 0.600. The van der Waals surface area contributed by atoms with E-state index in [4.69, 9.17) is 0 Å². The Bertz CT molecular complexity index is 424. The van der Waals surface area contributed by atoms with Gasteiger partial charge in [0.25, 0.3) is 0 Å². The van der Waals surface area contributed by atoms with Gasteiger partial charge in [-0.25, -0.2) is 0 Å². The summed E-state index contributed by atoms with van der Waals surface area (Å²) in [6.45, 7) is 7.88. The zero-order chi connectivity index (χ0) is 15.6. The number of hydrogen-bond acceptors (Lipinski definition) is 4. The van der Waals surface area contributed by atoms with Crippen molar-refractivity contribution in [1.29, 1.82) is 0 Å². The van der Waals surface area contributed by atoms with Crippen molar-refractivity contribution in [2.45, 2.75) is 32.1 Å². The number of hydrazine groups is 2. The molecule has 2 saturated carbocycles. The Morgan fingerprint density at radius 3 is 1.52 bits per heavy atom. The van der Waals surface area contributed by atoms with Crippen LogP contribution in [0.3, 0.4) is 0 Å². The summed E-state index contributed by atoms with van der Waals surface area (Å²) in [4.78, 5) is 23.6. The largest absolute Gasteiger partial charge is 0.293 e. The Morgan fingerprint density at radius 1 is 0.905 bits per heavy atom. The lowest BCUT2D eigenvalue weighted by Gasteiger charge is -2.24. The standard InChI is InChI=1S/C15H24N4O2/c1-10(12-5-6-12)18(3)16-14(20)9-15(21)17-19(4)11(2)13-7-8-13/h12-13H,1-2,5-9H2,3-4H3,(H,16,20)(H,17,21). The summed E-state index contributed by atoms with van der Waals surface area (Å²) in [5, 5.41) is 3.22. The number of nitrogens with zero attached hydrogens (tertiary/aromatic N) is 2. The molecule has 0 aliphatic heterocycles. The van der Waals surface area contributed by atoms with Crippen LogP contribution in [0.4, 0.5) is 0 Å². The molecular formula is C15H24N4O2. The van der Waals surface area contributed by atoms with Crippen LogP contribution < -0.4 is 10.9 Å². The van der Waals surface area contributed by atoms with E-state index >= 15 is 0 Å². The van der Waals surface area contributed by atoms with Crippen LogP contribution in [0.2, 0.25) is 0 Å². The normalized spacial score (nSPS) is 16.9. The molecule has 0 radical (unpaired) electrons. The second kappa shape index (κ2) is 6.20. The van der Waals surface area contributed by atoms with E-state index in [2.05, 4.69) is 24.0 Å². The van der Waals surface area contributed by atoms with Crippen LogP contribution in [0.25, 0.3) is 0 Å². The van der Waals surface area contributed by atoms with Gasteiger partial charge in [0.1, 0.15) is 6.42 Å². The third-order valence-electron chi connectivity index (χ3n) is 3.86. The summed E-state index contributed by atoms with van der Waals surface area (Å²) in [5.41, 5.74) is 7.11. The summed E-state index contributed by atoms with van der Waals surface area (Å²) < 4.78 is 0. The van der Waals surface area contributed by atoms with Gasteiger partial charge in [-0.15, -0.1) is 0 Å². The maximum atomic E-state index is 11.8. The highest BCUT2D eigenvalue weighted by Gasteiger charge is 2.29. The van der Waals surface area contributed by atoms with Crippen molar-refractivity contribution in [1.82, 2.24) is 20.9 Å². The van der Waals surface area contributed by atoms with E-state index in [1.54, 1.807) is 24.1 Å². The lowest BCUT2D eigenvalue weighted by molar-refractivity contribution is -0.133. The zero-order valence-corrected chi connectivity index (χ0v) is 12.8. The Balaban J connectivity index is 1.69. The molecule has 2 N–H and O–H groups in total. The molecule has 0 aromatic heterocycles. The van der Waals surface area contributed by atoms with E-state index in [1.807, 2.05) is 0 Å². The minimum Gasteiger partial charge on any atom is -0.293 e. The van der Waals surface area contributed by atoms with E-state index in [9.17, 15) is 9.59 Å². The molecule has 0 unspecified atom stereocenters. The fourth-order valence-electron chi connectivity index (χ4n) is 2.12. The van der Waals surface area contributed by atoms with Crippen LogP contribution >= 0.6 is 0 Å². The van der Waals surface area contributed by atoms with Gasteiger partial charge in [0, 0.05) is 37.3 Å². The molecule has 6 nitrogen and oxygen atoms in total. The first-order valence-electron chi connectivity index (χ1n) is 7.32. The van der Waals surface area contributed by atoms with E-state index in [-0.39, 0.29) is 18.2 Å². The highest BCUT2D eigenvalue weighted by molar-refractivity contribution is 5.96. The van der Waals surface area contributed by atoms with Gasteiger partial charge in [-0.2, -0.15) is 0 Å². The van der Waals surface area contributed by atoms with Crippen LogP contribution in [0.1, 0.15) is 32.1 Å².